The molecule has 1 aliphatic carbocycles. The molecule has 0 radical (unpaired) electrons. The summed E-state index contributed by atoms with van der Waals surface area (Å²) >= 11 is 6.32. The molecule has 3 aromatic rings. The zero-order valence-electron chi connectivity index (χ0n) is 13.9. The van der Waals surface area contributed by atoms with Gasteiger partial charge in [-0.2, -0.15) is 0 Å². The SMILES string of the molecule is O=C(O)c1c[nH]c2cc(Cl)c(-c3ccc(C4(CO)CCC4)cc3F)cc12. The summed E-state index contributed by atoms with van der Waals surface area (Å²) in [6.07, 6.45) is 4.12. The van der Waals surface area contributed by atoms with Gasteiger partial charge in [-0.1, -0.05) is 30.2 Å². The molecular weight excluding hydrogens is 357 g/mol. The van der Waals surface area contributed by atoms with E-state index in [1.165, 1.54) is 12.3 Å². The first kappa shape index (κ1) is 17.1. The van der Waals surface area contributed by atoms with Crippen LogP contribution in [0.25, 0.3) is 22.0 Å². The molecule has 1 heterocycles. The van der Waals surface area contributed by atoms with Crippen molar-refractivity contribution in [2.24, 2.45) is 0 Å². The fraction of sp³-hybridized carbons (Fsp3) is 0.250. The Morgan fingerprint density at radius 1 is 1.23 bits per heavy atom. The molecule has 0 atom stereocenters. The molecule has 0 saturated heterocycles. The average molecular weight is 374 g/mol. The van der Waals surface area contributed by atoms with Crippen molar-refractivity contribution in [3.63, 3.8) is 0 Å². The van der Waals surface area contributed by atoms with Crippen LogP contribution in [-0.2, 0) is 5.41 Å². The predicted octanol–water partition coefficient (Wildman–Crippen LogP) is 4.74. The lowest BCUT2D eigenvalue weighted by Gasteiger charge is -2.41. The van der Waals surface area contributed by atoms with E-state index in [1.54, 1.807) is 18.2 Å². The minimum absolute atomic E-state index is 0.00379. The van der Waals surface area contributed by atoms with E-state index < -0.39 is 11.8 Å². The van der Waals surface area contributed by atoms with Crippen LogP contribution in [0, 0.1) is 5.82 Å². The van der Waals surface area contributed by atoms with Gasteiger partial charge in [-0.3, -0.25) is 0 Å². The topological polar surface area (TPSA) is 73.3 Å². The lowest BCUT2D eigenvalue weighted by atomic mass is 9.65. The second-order valence-electron chi connectivity index (χ2n) is 6.87. The molecule has 0 spiro atoms. The Kier molecular flexibility index (Phi) is 4.01. The van der Waals surface area contributed by atoms with Crippen LogP contribution in [0.1, 0.15) is 35.2 Å². The van der Waals surface area contributed by atoms with E-state index in [9.17, 15) is 19.4 Å². The number of rotatable bonds is 4. The highest BCUT2D eigenvalue weighted by Crippen LogP contribution is 2.44. The number of aromatic amines is 1. The third-order valence-corrected chi connectivity index (χ3v) is 5.80. The molecular formula is C20H17ClFNO3. The predicted molar refractivity (Wildman–Crippen MR) is 98.3 cm³/mol. The molecule has 0 bridgehead atoms. The number of H-pyrrole nitrogens is 1. The van der Waals surface area contributed by atoms with Crippen LogP contribution in [0.15, 0.2) is 36.5 Å². The smallest absolute Gasteiger partial charge is 0.337 e. The molecule has 2 aromatic carbocycles. The van der Waals surface area contributed by atoms with Crippen LogP contribution in [-0.4, -0.2) is 27.8 Å². The number of aliphatic hydroxyl groups is 1. The normalized spacial score (nSPS) is 15.8. The van der Waals surface area contributed by atoms with Gasteiger partial charge < -0.3 is 15.2 Å². The second kappa shape index (κ2) is 6.11. The number of halogens is 2. The summed E-state index contributed by atoms with van der Waals surface area (Å²) < 4.78 is 14.9. The quantitative estimate of drug-likeness (QED) is 0.618. The Hall–Kier alpha value is -2.37. The molecule has 1 aromatic heterocycles. The van der Waals surface area contributed by atoms with Crippen molar-refractivity contribution in [2.75, 3.05) is 6.61 Å². The van der Waals surface area contributed by atoms with Crippen LogP contribution in [0.3, 0.4) is 0 Å². The third-order valence-electron chi connectivity index (χ3n) is 5.48. The molecule has 1 fully saturated rings. The van der Waals surface area contributed by atoms with Crippen LogP contribution in [0.5, 0.6) is 0 Å². The Morgan fingerprint density at radius 3 is 2.58 bits per heavy atom. The van der Waals surface area contributed by atoms with Crippen molar-refractivity contribution in [1.29, 1.82) is 0 Å². The maximum Gasteiger partial charge on any atom is 0.337 e. The fourth-order valence-corrected chi connectivity index (χ4v) is 4.00. The summed E-state index contributed by atoms with van der Waals surface area (Å²) in [6.45, 7) is 0.00379. The molecule has 4 rings (SSSR count). The van der Waals surface area contributed by atoms with Crippen LogP contribution in [0.4, 0.5) is 4.39 Å². The van der Waals surface area contributed by atoms with Crippen LogP contribution < -0.4 is 0 Å². The molecule has 0 amide bonds. The summed E-state index contributed by atoms with van der Waals surface area (Å²) in [5, 5.41) is 19.8. The van der Waals surface area contributed by atoms with E-state index in [1.807, 2.05) is 6.07 Å². The summed E-state index contributed by atoms with van der Waals surface area (Å²) in [5.41, 5.74) is 1.90. The van der Waals surface area contributed by atoms with Gasteiger partial charge in [0, 0.05) is 33.6 Å². The van der Waals surface area contributed by atoms with Crippen molar-refractivity contribution in [2.45, 2.75) is 24.7 Å². The van der Waals surface area contributed by atoms with Crippen molar-refractivity contribution in [3.05, 3.63) is 58.5 Å². The molecule has 0 unspecified atom stereocenters. The molecule has 4 nitrogen and oxygen atoms in total. The van der Waals surface area contributed by atoms with Crippen molar-refractivity contribution in [3.8, 4) is 11.1 Å². The van der Waals surface area contributed by atoms with Crippen molar-refractivity contribution < 1.29 is 19.4 Å². The third kappa shape index (κ3) is 2.50. The lowest BCUT2D eigenvalue weighted by molar-refractivity contribution is 0.0699. The number of hydrogen-bond donors (Lipinski definition) is 3. The summed E-state index contributed by atoms with van der Waals surface area (Å²) in [7, 11) is 0. The molecule has 0 aliphatic heterocycles. The molecule has 26 heavy (non-hydrogen) atoms. The van der Waals surface area contributed by atoms with Gasteiger partial charge in [0.05, 0.1) is 17.2 Å². The Morgan fingerprint density at radius 2 is 2.00 bits per heavy atom. The first-order valence-electron chi connectivity index (χ1n) is 8.40. The number of aromatic nitrogens is 1. The first-order valence-corrected chi connectivity index (χ1v) is 8.78. The van der Waals surface area contributed by atoms with Gasteiger partial charge in [-0.15, -0.1) is 0 Å². The maximum absolute atomic E-state index is 14.9. The number of hydrogen-bond acceptors (Lipinski definition) is 2. The highest BCUT2D eigenvalue weighted by atomic mass is 35.5. The number of carbonyl (C=O) groups is 1. The number of benzene rings is 2. The van der Waals surface area contributed by atoms with E-state index in [0.29, 0.717) is 27.1 Å². The highest BCUT2D eigenvalue weighted by Gasteiger charge is 2.38. The van der Waals surface area contributed by atoms with Gasteiger partial charge in [0.1, 0.15) is 5.82 Å². The van der Waals surface area contributed by atoms with Gasteiger partial charge in [-0.05, 0) is 36.6 Å². The van der Waals surface area contributed by atoms with E-state index in [4.69, 9.17) is 11.6 Å². The highest BCUT2D eigenvalue weighted by molar-refractivity contribution is 6.34. The maximum atomic E-state index is 14.9. The second-order valence-corrected chi connectivity index (χ2v) is 7.28. The Balaban J connectivity index is 1.83. The van der Waals surface area contributed by atoms with Gasteiger partial charge in [0.25, 0.3) is 0 Å². The monoisotopic (exact) mass is 373 g/mol. The number of carboxylic acid groups (broad SMARTS) is 1. The Labute approximate surface area is 154 Å². The van der Waals surface area contributed by atoms with Gasteiger partial charge in [0.2, 0.25) is 0 Å². The summed E-state index contributed by atoms with van der Waals surface area (Å²) in [4.78, 5) is 14.2. The van der Waals surface area contributed by atoms with Gasteiger partial charge >= 0.3 is 5.97 Å². The van der Waals surface area contributed by atoms with Crippen LogP contribution >= 0.6 is 11.6 Å². The summed E-state index contributed by atoms with van der Waals surface area (Å²) in [6, 6.07) is 8.14. The number of fused-ring (bicyclic) bond motifs is 1. The van der Waals surface area contributed by atoms with E-state index in [0.717, 1.165) is 24.8 Å². The molecule has 134 valence electrons. The molecule has 6 heteroatoms. The molecule has 1 aliphatic rings. The van der Waals surface area contributed by atoms with Crippen LogP contribution in [0.2, 0.25) is 5.02 Å². The largest absolute Gasteiger partial charge is 0.478 e. The fourth-order valence-electron chi connectivity index (χ4n) is 3.73. The number of aromatic carboxylic acids is 1. The lowest BCUT2D eigenvalue weighted by Crippen LogP contribution is -2.37. The zero-order valence-corrected chi connectivity index (χ0v) is 14.6. The minimum Gasteiger partial charge on any atom is -0.478 e. The standard InChI is InChI=1S/C20H17ClFNO3/c21-16-8-18-14(15(9-23-18)19(25)26)7-13(16)12-3-2-11(6-17(12)22)20(10-24)4-1-5-20/h2-3,6-9,23-24H,1,4-5,10H2,(H,25,26). The number of aliphatic hydroxyl groups excluding tert-OH is 1. The van der Waals surface area contributed by atoms with Crippen molar-refractivity contribution in [1.82, 2.24) is 4.98 Å². The number of carboxylic acids is 1. The molecule has 1 saturated carbocycles. The molecule has 3 N–H and O–H groups in total. The number of nitrogens with one attached hydrogen (secondary N) is 1. The van der Waals surface area contributed by atoms with Gasteiger partial charge in [0.15, 0.2) is 0 Å². The Bertz CT molecular complexity index is 1020. The average Bonchev–Trinajstić information content (AvgIpc) is 2.97. The van der Waals surface area contributed by atoms with E-state index in [2.05, 4.69) is 4.98 Å². The summed E-state index contributed by atoms with van der Waals surface area (Å²) in [5.74, 6) is -1.49. The van der Waals surface area contributed by atoms with E-state index >= 15 is 0 Å². The van der Waals surface area contributed by atoms with Crippen molar-refractivity contribution >= 4 is 28.5 Å². The minimum atomic E-state index is -1.06. The first-order chi connectivity index (χ1) is 12.4. The zero-order chi connectivity index (χ0) is 18.5. The van der Waals surface area contributed by atoms with Gasteiger partial charge in [-0.25, -0.2) is 9.18 Å². The van der Waals surface area contributed by atoms with E-state index in [-0.39, 0.29) is 17.6 Å².